The summed E-state index contributed by atoms with van der Waals surface area (Å²) in [5, 5.41) is 0. The second kappa shape index (κ2) is 16.5. The molecule has 0 aliphatic rings. The van der Waals surface area contributed by atoms with Gasteiger partial charge >= 0.3 is 24.0 Å². The number of halogens is 5. The van der Waals surface area contributed by atoms with Crippen LogP contribution in [0.25, 0.3) is 0 Å². The standard InChI is InChI=1S/C26H37F5O4/c1-2-3-4-5-6-7-8-9-10-11-12-13-14-19-34-23(32)21-15-17-22(18-16-21)24(33)35-20-25(27,28)26(29,30)31/h15-18H,2-14,19-20H2,1H3. The molecular weight excluding hydrogens is 471 g/mol. The van der Waals surface area contributed by atoms with Gasteiger partial charge in [0.2, 0.25) is 0 Å². The Labute approximate surface area is 204 Å². The average Bonchev–Trinajstić information content (AvgIpc) is 2.82. The molecule has 1 aromatic rings. The highest BCUT2D eigenvalue weighted by Gasteiger charge is 2.58. The van der Waals surface area contributed by atoms with Crippen LogP contribution in [0.4, 0.5) is 22.0 Å². The van der Waals surface area contributed by atoms with Gasteiger partial charge in [-0.15, -0.1) is 0 Å². The topological polar surface area (TPSA) is 52.6 Å². The average molecular weight is 509 g/mol. The third kappa shape index (κ3) is 12.9. The van der Waals surface area contributed by atoms with Crippen LogP contribution < -0.4 is 0 Å². The van der Waals surface area contributed by atoms with E-state index in [2.05, 4.69) is 11.7 Å². The lowest BCUT2D eigenvalue weighted by atomic mass is 10.0. The molecule has 35 heavy (non-hydrogen) atoms. The zero-order valence-corrected chi connectivity index (χ0v) is 20.4. The van der Waals surface area contributed by atoms with Crippen molar-refractivity contribution in [3.63, 3.8) is 0 Å². The van der Waals surface area contributed by atoms with Crippen molar-refractivity contribution >= 4 is 11.9 Å². The first-order valence-electron chi connectivity index (χ1n) is 12.5. The molecule has 0 radical (unpaired) electrons. The Balaban J connectivity index is 2.15. The third-order valence-electron chi connectivity index (χ3n) is 5.64. The Kier molecular flexibility index (Phi) is 14.5. The largest absolute Gasteiger partial charge is 0.462 e. The van der Waals surface area contributed by atoms with Crippen LogP contribution in [0, 0.1) is 0 Å². The van der Waals surface area contributed by atoms with Gasteiger partial charge in [0.1, 0.15) is 0 Å². The van der Waals surface area contributed by atoms with E-state index in [1.165, 1.54) is 69.9 Å². The molecule has 0 atom stereocenters. The predicted molar refractivity (Wildman–Crippen MR) is 124 cm³/mol. The minimum atomic E-state index is -5.81. The number of alkyl halides is 5. The summed E-state index contributed by atoms with van der Waals surface area (Å²) in [6.07, 6.45) is 9.85. The fourth-order valence-electron chi connectivity index (χ4n) is 3.43. The van der Waals surface area contributed by atoms with Crippen LogP contribution in [-0.2, 0) is 9.47 Å². The van der Waals surface area contributed by atoms with E-state index in [1.807, 2.05) is 0 Å². The van der Waals surface area contributed by atoms with Gasteiger partial charge in [0.15, 0.2) is 6.61 Å². The fraction of sp³-hybridized carbons (Fsp3) is 0.692. The number of unbranched alkanes of at least 4 members (excludes halogenated alkanes) is 12. The molecule has 0 bridgehead atoms. The van der Waals surface area contributed by atoms with Crippen molar-refractivity contribution in [1.29, 1.82) is 0 Å². The molecule has 0 unspecified atom stereocenters. The molecule has 0 fully saturated rings. The summed E-state index contributed by atoms with van der Waals surface area (Å²) < 4.78 is 71.3. The van der Waals surface area contributed by atoms with E-state index in [1.54, 1.807) is 0 Å². The molecule has 0 aromatic heterocycles. The molecule has 0 saturated carbocycles. The maximum Gasteiger partial charge on any atom is 0.456 e. The smallest absolute Gasteiger partial charge is 0.456 e. The first kappa shape index (κ1) is 30.8. The number of benzene rings is 1. The number of ether oxygens (including phenoxy) is 2. The monoisotopic (exact) mass is 508 g/mol. The molecule has 9 heteroatoms. The summed E-state index contributed by atoms with van der Waals surface area (Å²) in [6.45, 7) is 0.365. The highest BCUT2D eigenvalue weighted by molar-refractivity contribution is 5.93. The summed E-state index contributed by atoms with van der Waals surface area (Å²) in [5.41, 5.74) is -0.118. The predicted octanol–water partition coefficient (Wildman–Crippen LogP) is 8.29. The molecule has 1 aromatic carbocycles. The number of esters is 2. The van der Waals surface area contributed by atoms with Crippen LogP contribution in [0.1, 0.15) is 111 Å². The van der Waals surface area contributed by atoms with Crippen LogP contribution in [0.3, 0.4) is 0 Å². The molecule has 4 nitrogen and oxygen atoms in total. The third-order valence-corrected chi connectivity index (χ3v) is 5.64. The second-order valence-corrected chi connectivity index (χ2v) is 8.73. The van der Waals surface area contributed by atoms with E-state index >= 15 is 0 Å². The van der Waals surface area contributed by atoms with Crippen molar-refractivity contribution in [2.45, 2.75) is 102 Å². The molecular formula is C26H37F5O4. The van der Waals surface area contributed by atoms with Crippen LogP contribution in [-0.4, -0.2) is 37.3 Å². The molecule has 0 N–H and O–H groups in total. The van der Waals surface area contributed by atoms with E-state index in [4.69, 9.17) is 4.74 Å². The number of hydrogen-bond donors (Lipinski definition) is 0. The summed E-state index contributed by atoms with van der Waals surface area (Å²) in [5.74, 6) is -7.09. The van der Waals surface area contributed by atoms with Crippen molar-refractivity contribution in [1.82, 2.24) is 0 Å². The van der Waals surface area contributed by atoms with E-state index in [0.717, 1.165) is 37.8 Å². The molecule has 200 valence electrons. The van der Waals surface area contributed by atoms with Crippen molar-refractivity contribution in [2.75, 3.05) is 13.2 Å². The molecule has 1 rings (SSSR count). The van der Waals surface area contributed by atoms with E-state index < -0.39 is 30.6 Å². The maximum absolute atomic E-state index is 12.8. The van der Waals surface area contributed by atoms with Gasteiger partial charge in [-0.05, 0) is 30.7 Å². The first-order valence-corrected chi connectivity index (χ1v) is 12.5. The zero-order chi connectivity index (χ0) is 26.2. The van der Waals surface area contributed by atoms with Gasteiger partial charge in [0.05, 0.1) is 17.7 Å². The highest BCUT2D eigenvalue weighted by atomic mass is 19.4. The normalized spacial score (nSPS) is 11.9. The first-order chi connectivity index (χ1) is 16.6. The van der Waals surface area contributed by atoms with Gasteiger partial charge < -0.3 is 9.47 Å². The van der Waals surface area contributed by atoms with E-state index in [9.17, 15) is 31.5 Å². The highest BCUT2D eigenvalue weighted by Crippen LogP contribution is 2.35. The van der Waals surface area contributed by atoms with Crippen LogP contribution in [0.5, 0.6) is 0 Å². The second-order valence-electron chi connectivity index (χ2n) is 8.73. The number of rotatable bonds is 18. The molecule has 0 aliphatic carbocycles. The van der Waals surface area contributed by atoms with Crippen molar-refractivity contribution < 1.29 is 41.0 Å². The van der Waals surface area contributed by atoms with E-state index in [-0.39, 0.29) is 17.7 Å². The maximum atomic E-state index is 12.8. The van der Waals surface area contributed by atoms with Crippen LogP contribution >= 0.6 is 0 Å². The molecule has 0 aliphatic heterocycles. The Morgan fingerprint density at radius 1 is 0.629 bits per heavy atom. The molecule has 0 heterocycles. The minimum absolute atomic E-state index is 0.136. The summed E-state index contributed by atoms with van der Waals surface area (Å²) >= 11 is 0. The minimum Gasteiger partial charge on any atom is -0.462 e. The van der Waals surface area contributed by atoms with Crippen molar-refractivity contribution in [2.24, 2.45) is 0 Å². The Bertz CT molecular complexity index is 732. The van der Waals surface area contributed by atoms with Gasteiger partial charge in [-0.1, -0.05) is 84.0 Å². The SMILES string of the molecule is CCCCCCCCCCCCCCCOC(=O)c1ccc(C(=O)OCC(F)(F)C(F)(F)F)cc1. The molecule has 0 spiro atoms. The van der Waals surface area contributed by atoms with Gasteiger partial charge in [0.25, 0.3) is 0 Å². The Morgan fingerprint density at radius 3 is 1.40 bits per heavy atom. The lowest BCUT2D eigenvalue weighted by Crippen LogP contribution is -2.41. The van der Waals surface area contributed by atoms with Crippen LogP contribution in [0.2, 0.25) is 0 Å². The lowest BCUT2D eigenvalue weighted by Gasteiger charge is -2.19. The number of carbonyl (C=O) groups excluding carboxylic acids is 2. The van der Waals surface area contributed by atoms with Crippen molar-refractivity contribution in [3.05, 3.63) is 35.4 Å². The van der Waals surface area contributed by atoms with E-state index in [0.29, 0.717) is 0 Å². The Hall–Kier alpha value is -2.19. The Morgan fingerprint density at radius 2 is 1.00 bits per heavy atom. The quantitative estimate of drug-likeness (QED) is 0.114. The van der Waals surface area contributed by atoms with Gasteiger partial charge in [-0.2, -0.15) is 22.0 Å². The lowest BCUT2D eigenvalue weighted by molar-refractivity contribution is -0.292. The summed E-state index contributed by atoms with van der Waals surface area (Å²) in [4.78, 5) is 23.7. The van der Waals surface area contributed by atoms with Gasteiger partial charge in [0, 0.05) is 0 Å². The number of carbonyl (C=O) groups is 2. The number of hydrogen-bond acceptors (Lipinski definition) is 4. The van der Waals surface area contributed by atoms with Gasteiger partial charge in [-0.25, -0.2) is 9.59 Å². The van der Waals surface area contributed by atoms with Crippen LogP contribution in [0.15, 0.2) is 24.3 Å². The van der Waals surface area contributed by atoms with Crippen molar-refractivity contribution in [3.8, 4) is 0 Å². The summed E-state index contributed by atoms with van der Waals surface area (Å²) in [6, 6.07) is 4.67. The molecule has 0 amide bonds. The fourth-order valence-corrected chi connectivity index (χ4v) is 3.43. The molecule has 0 saturated heterocycles. The summed E-state index contributed by atoms with van der Waals surface area (Å²) in [7, 11) is 0. The van der Waals surface area contributed by atoms with Gasteiger partial charge in [-0.3, -0.25) is 0 Å². The zero-order valence-electron chi connectivity index (χ0n) is 20.4.